The maximum Gasteiger partial charge on any atom is 0.247 e. The van der Waals surface area contributed by atoms with E-state index in [1.807, 2.05) is 0 Å². The van der Waals surface area contributed by atoms with Gasteiger partial charge in [0.1, 0.15) is 16.4 Å². The molecule has 1 aromatic rings. The SMILES string of the molecule is COc1cc(OC)c(S(=O)(=O)N2CCC[C@H]2CO)cc1N. The van der Waals surface area contributed by atoms with E-state index in [0.29, 0.717) is 18.7 Å². The van der Waals surface area contributed by atoms with Crippen LogP contribution in [-0.2, 0) is 10.0 Å². The summed E-state index contributed by atoms with van der Waals surface area (Å²) < 4.78 is 37.1. The lowest BCUT2D eigenvalue weighted by Crippen LogP contribution is -2.37. The maximum absolute atomic E-state index is 12.8. The summed E-state index contributed by atoms with van der Waals surface area (Å²) in [4.78, 5) is -0.0105. The number of nitrogens with zero attached hydrogens (tertiary/aromatic N) is 1. The molecular formula is C13H20N2O5S. The predicted octanol–water partition coefficient (Wildman–Crippen LogP) is 0.431. The molecule has 7 nitrogen and oxygen atoms in total. The molecule has 0 unspecified atom stereocenters. The minimum absolute atomic E-state index is 0.0105. The Morgan fingerprint density at radius 3 is 2.57 bits per heavy atom. The van der Waals surface area contributed by atoms with Crippen molar-refractivity contribution in [2.24, 2.45) is 0 Å². The molecular weight excluding hydrogens is 296 g/mol. The number of hydrogen-bond acceptors (Lipinski definition) is 6. The van der Waals surface area contributed by atoms with Gasteiger partial charge in [-0.3, -0.25) is 0 Å². The zero-order chi connectivity index (χ0) is 15.6. The average Bonchev–Trinajstić information content (AvgIpc) is 2.96. The second kappa shape index (κ2) is 6.08. The van der Waals surface area contributed by atoms with Gasteiger partial charge in [0.05, 0.1) is 26.5 Å². The number of hydrogen-bond donors (Lipinski definition) is 2. The van der Waals surface area contributed by atoms with E-state index in [2.05, 4.69) is 0 Å². The van der Waals surface area contributed by atoms with Gasteiger partial charge < -0.3 is 20.3 Å². The topological polar surface area (TPSA) is 102 Å². The first-order valence-corrected chi connectivity index (χ1v) is 8.04. The second-order valence-corrected chi connectivity index (χ2v) is 6.70. The highest BCUT2D eigenvalue weighted by Crippen LogP contribution is 2.37. The van der Waals surface area contributed by atoms with Crippen LogP contribution in [0.1, 0.15) is 12.8 Å². The molecule has 0 spiro atoms. The summed E-state index contributed by atoms with van der Waals surface area (Å²) in [7, 11) is -0.945. The van der Waals surface area contributed by atoms with Crippen molar-refractivity contribution in [2.75, 3.05) is 33.1 Å². The number of benzene rings is 1. The molecule has 21 heavy (non-hydrogen) atoms. The third-order valence-electron chi connectivity index (χ3n) is 3.64. The number of sulfonamides is 1. The summed E-state index contributed by atoms with van der Waals surface area (Å²) in [6, 6.07) is 2.38. The summed E-state index contributed by atoms with van der Waals surface area (Å²) in [5.41, 5.74) is 6.02. The molecule has 1 aliphatic rings. The molecule has 2 rings (SSSR count). The van der Waals surface area contributed by atoms with E-state index in [-0.39, 0.29) is 22.9 Å². The Balaban J connectivity index is 2.51. The van der Waals surface area contributed by atoms with Crippen LogP contribution in [-0.4, -0.2) is 51.2 Å². The standard InChI is InChI=1S/C13H20N2O5S/c1-19-11-7-12(20-2)13(6-10(11)14)21(17,18)15-5-3-4-9(15)8-16/h6-7,9,16H,3-5,8,14H2,1-2H3/t9-/m0/s1. The van der Waals surface area contributed by atoms with Gasteiger partial charge in [-0.2, -0.15) is 4.31 Å². The first-order valence-electron chi connectivity index (χ1n) is 6.60. The van der Waals surface area contributed by atoms with E-state index in [1.165, 1.54) is 30.7 Å². The molecule has 0 aromatic heterocycles. The Kier molecular flexibility index (Phi) is 4.60. The second-order valence-electron chi connectivity index (χ2n) is 4.84. The van der Waals surface area contributed by atoms with Crippen LogP contribution in [0.4, 0.5) is 5.69 Å². The van der Waals surface area contributed by atoms with Crippen LogP contribution < -0.4 is 15.2 Å². The van der Waals surface area contributed by atoms with Crippen LogP contribution in [0, 0.1) is 0 Å². The lowest BCUT2D eigenvalue weighted by molar-refractivity contribution is 0.213. The first-order chi connectivity index (χ1) is 9.95. The zero-order valence-corrected chi connectivity index (χ0v) is 12.9. The van der Waals surface area contributed by atoms with Crippen LogP contribution in [0.3, 0.4) is 0 Å². The molecule has 8 heteroatoms. The third-order valence-corrected chi connectivity index (χ3v) is 5.61. The molecule has 1 heterocycles. The Hall–Kier alpha value is -1.51. The van der Waals surface area contributed by atoms with Gasteiger partial charge in [-0.25, -0.2) is 8.42 Å². The van der Waals surface area contributed by atoms with Gasteiger partial charge >= 0.3 is 0 Å². The fourth-order valence-electron chi connectivity index (χ4n) is 2.53. The predicted molar refractivity (Wildman–Crippen MR) is 78.0 cm³/mol. The molecule has 1 aromatic carbocycles. The molecule has 0 aliphatic carbocycles. The van der Waals surface area contributed by atoms with E-state index in [0.717, 1.165) is 6.42 Å². The Labute approximate surface area is 124 Å². The Morgan fingerprint density at radius 1 is 1.33 bits per heavy atom. The van der Waals surface area contributed by atoms with Gasteiger partial charge in [0.15, 0.2) is 0 Å². The van der Waals surface area contributed by atoms with Crippen LogP contribution in [0.2, 0.25) is 0 Å². The summed E-state index contributed by atoms with van der Waals surface area (Å²) in [6.07, 6.45) is 1.36. The smallest absolute Gasteiger partial charge is 0.247 e. The van der Waals surface area contributed by atoms with Crippen LogP contribution in [0.15, 0.2) is 17.0 Å². The number of nitrogens with two attached hydrogens (primary N) is 1. The molecule has 0 bridgehead atoms. The summed E-state index contributed by atoms with van der Waals surface area (Å²) in [6.45, 7) is 0.176. The van der Waals surface area contributed by atoms with E-state index < -0.39 is 16.1 Å². The highest BCUT2D eigenvalue weighted by Gasteiger charge is 2.36. The van der Waals surface area contributed by atoms with Gasteiger partial charge in [-0.15, -0.1) is 0 Å². The maximum atomic E-state index is 12.8. The molecule has 0 radical (unpaired) electrons. The molecule has 118 valence electrons. The van der Waals surface area contributed by atoms with Gasteiger partial charge in [0, 0.05) is 18.7 Å². The van der Waals surface area contributed by atoms with Gasteiger partial charge in [-0.1, -0.05) is 0 Å². The first kappa shape index (κ1) is 15.9. The van der Waals surface area contributed by atoms with Crippen molar-refractivity contribution in [3.05, 3.63) is 12.1 Å². The van der Waals surface area contributed by atoms with Crippen molar-refractivity contribution >= 4 is 15.7 Å². The number of anilines is 1. The molecule has 0 amide bonds. The van der Waals surface area contributed by atoms with E-state index >= 15 is 0 Å². The highest BCUT2D eigenvalue weighted by atomic mass is 32.2. The number of aliphatic hydroxyl groups excluding tert-OH is 1. The average molecular weight is 316 g/mol. The lowest BCUT2D eigenvalue weighted by Gasteiger charge is -2.24. The van der Waals surface area contributed by atoms with Crippen LogP contribution >= 0.6 is 0 Å². The largest absolute Gasteiger partial charge is 0.495 e. The monoisotopic (exact) mass is 316 g/mol. The highest BCUT2D eigenvalue weighted by molar-refractivity contribution is 7.89. The fourth-order valence-corrected chi connectivity index (χ4v) is 4.39. The molecule has 1 saturated heterocycles. The summed E-state index contributed by atoms with van der Waals surface area (Å²) in [5, 5.41) is 9.33. The van der Waals surface area contributed by atoms with E-state index in [4.69, 9.17) is 15.2 Å². The minimum Gasteiger partial charge on any atom is -0.495 e. The van der Waals surface area contributed by atoms with E-state index in [1.54, 1.807) is 0 Å². The molecule has 1 aliphatic heterocycles. The molecule has 1 atom stereocenters. The van der Waals surface area contributed by atoms with Crippen molar-refractivity contribution in [1.29, 1.82) is 0 Å². The number of nitrogen functional groups attached to an aromatic ring is 1. The summed E-state index contributed by atoms with van der Waals surface area (Å²) >= 11 is 0. The van der Waals surface area contributed by atoms with Crippen LogP contribution in [0.25, 0.3) is 0 Å². The molecule has 3 N–H and O–H groups in total. The fraction of sp³-hybridized carbons (Fsp3) is 0.538. The Morgan fingerprint density at radius 2 is 2.00 bits per heavy atom. The number of rotatable bonds is 5. The Bertz CT molecular complexity index is 617. The van der Waals surface area contributed by atoms with Gasteiger partial charge in [0.2, 0.25) is 10.0 Å². The van der Waals surface area contributed by atoms with Crippen molar-refractivity contribution in [2.45, 2.75) is 23.8 Å². The zero-order valence-electron chi connectivity index (χ0n) is 12.1. The normalized spacial score (nSPS) is 19.7. The van der Waals surface area contributed by atoms with Gasteiger partial charge in [0.25, 0.3) is 0 Å². The number of ether oxygens (including phenoxy) is 2. The third kappa shape index (κ3) is 2.78. The summed E-state index contributed by atoms with van der Waals surface area (Å²) in [5.74, 6) is 0.524. The quantitative estimate of drug-likeness (QED) is 0.764. The minimum atomic E-state index is -3.78. The molecule has 1 fully saturated rings. The van der Waals surface area contributed by atoms with Crippen molar-refractivity contribution < 1.29 is 23.0 Å². The molecule has 0 saturated carbocycles. The number of methoxy groups -OCH3 is 2. The van der Waals surface area contributed by atoms with Crippen molar-refractivity contribution in [3.8, 4) is 11.5 Å². The van der Waals surface area contributed by atoms with Crippen molar-refractivity contribution in [3.63, 3.8) is 0 Å². The van der Waals surface area contributed by atoms with Crippen LogP contribution in [0.5, 0.6) is 11.5 Å². The van der Waals surface area contributed by atoms with Crippen molar-refractivity contribution in [1.82, 2.24) is 4.31 Å². The number of aliphatic hydroxyl groups is 1. The van der Waals surface area contributed by atoms with E-state index in [9.17, 15) is 13.5 Å². The van der Waals surface area contributed by atoms with Gasteiger partial charge in [-0.05, 0) is 18.9 Å². The lowest BCUT2D eigenvalue weighted by atomic mass is 10.2.